The lowest BCUT2D eigenvalue weighted by Crippen LogP contribution is -2.26. The van der Waals surface area contributed by atoms with Crippen LogP contribution in [-0.4, -0.2) is 23.1 Å². The highest BCUT2D eigenvalue weighted by Gasteiger charge is 2.34. The van der Waals surface area contributed by atoms with E-state index >= 15 is 0 Å². The van der Waals surface area contributed by atoms with Gasteiger partial charge in [0.15, 0.2) is 0 Å². The average Bonchev–Trinajstić information content (AvgIpc) is 2.76. The van der Waals surface area contributed by atoms with E-state index in [1.165, 1.54) is 37.9 Å². The Morgan fingerprint density at radius 1 is 1.18 bits per heavy atom. The molecule has 0 unspecified atom stereocenters. The number of phenolic OH excluding ortho intramolecular Hbond substituents is 1. The standard InChI is InChI=1S/C15H23NO/c1-3-15(4-2)9-10-16(12-15)11-13-5-7-14(17)8-6-13/h5-8,17H,3-4,9-12H2,1-2H3. The minimum atomic E-state index is 0.353. The van der Waals surface area contributed by atoms with E-state index in [2.05, 4.69) is 18.7 Å². The highest BCUT2D eigenvalue weighted by Crippen LogP contribution is 2.37. The molecule has 0 aliphatic carbocycles. The van der Waals surface area contributed by atoms with Crippen LogP contribution in [0.4, 0.5) is 0 Å². The Hall–Kier alpha value is -1.02. The zero-order valence-electron chi connectivity index (χ0n) is 10.9. The SMILES string of the molecule is CCC1(CC)CCN(Cc2ccc(O)cc2)C1. The molecule has 2 heteroatoms. The summed E-state index contributed by atoms with van der Waals surface area (Å²) in [5.41, 5.74) is 1.85. The first-order chi connectivity index (χ1) is 8.17. The molecule has 0 bridgehead atoms. The highest BCUT2D eigenvalue weighted by molar-refractivity contribution is 5.25. The first-order valence-corrected chi connectivity index (χ1v) is 6.68. The fourth-order valence-corrected chi connectivity index (χ4v) is 2.85. The Kier molecular flexibility index (Phi) is 3.72. The van der Waals surface area contributed by atoms with Crippen LogP contribution in [0.1, 0.15) is 38.7 Å². The number of likely N-dealkylation sites (tertiary alicyclic amines) is 1. The van der Waals surface area contributed by atoms with E-state index in [9.17, 15) is 5.11 Å². The lowest BCUT2D eigenvalue weighted by Gasteiger charge is -2.26. The maximum absolute atomic E-state index is 9.26. The van der Waals surface area contributed by atoms with E-state index in [1.807, 2.05) is 12.1 Å². The maximum atomic E-state index is 9.26. The number of phenols is 1. The lowest BCUT2D eigenvalue weighted by molar-refractivity contribution is 0.236. The summed E-state index contributed by atoms with van der Waals surface area (Å²) in [7, 11) is 0. The van der Waals surface area contributed by atoms with Crippen LogP contribution >= 0.6 is 0 Å². The van der Waals surface area contributed by atoms with Gasteiger partial charge in [-0.15, -0.1) is 0 Å². The Morgan fingerprint density at radius 2 is 1.82 bits per heavy atom. The molecule has 2 rings (SSSR count). The van der Waals surface area contributed by atoms with Crippen molar-refractivity contribution in [3.05, 3.63) is 29.8 Å². The van der Waals surface area contributed by atoms with Gasteiger partial charge in [0.1, 0.15) is 5.75 Å². The van der Waals surface area contributed by atoms with Gasteiger partial charge in [-0.2, -0.15) is 0 Å². The van der Waals surface area contributed by atoms with E-state index in [0.29, 0.717) is 11.2 Å². The van der Waals surface area contributed by atoms with Crippen molar-refractivity contribution >= 4 is 0 Å². The monoisotopic (exact) mass is 233 g/mol. The van der Waals surface area contributed by atoms with Crippen LogP contribution in [0.25, 0.3) is 0 Å². The largest absolute Gasteiger partial charge is 0.508 e. The predicted molar refractivity (Wildman–Crippen MR) is 71.0 cm³/mol. The highest BCUT2D eigenvalue weighted by atomic mass is 16.3. The summed E-state index contributed by atoms with van der Waals surface area (Å²) in [6.45, 7) is 8.08. The van der Waals surface area contributed by atoms with Crippen LogP contribution in [0.3, 0.4) is 0 Å². The Labute approximate surface area is 104 Å². The van der Waals surface area contributed by atoms with Crippen molar-refractivity contribution in [3.8, 4) is 5.75 Å². The second-order valence-corrected chi connectivity index (χ2v) is 5.33. The van der Waals surface area contributed by atoms with Crippen LogP contribution in [0.2, 0.25) is 0 Å². The van der Waals surface area contributed by atoms with Crippen LogP contribution in [-0.2, 0) is 6.54 Å². The molecule has 0 saturated carbocycles. The minimum absolute atomic E-state index is 0.353. The van der Waals surface area contributed by atoms with Gasteiger partial charge in [-0.05, 0) is 48.9 Å². The predicted octanol–water partition coefficient (Wildman–Crippen LogP) is 3.40. The molecule has 1 N–H and O–H groups in total. The summed E-state index contributed by atoms with van der Waals surface area (Å²) in [6, 6.07) is 7.59. The van der Waals surface area contributed by atoms with Crippen molar-refractivity contribution in [2.24, 2.45) is 5.41 Å². The molecule has 0 aromatic heterocycles. The summed E-state index contributed by atoms with van der Waals surface area (Å²) in [6.07, 6.45) is 3.91. The van der Waals surface area contributed by atoms with Crippen LogP contribution in [0.5, 0.6) is 5.75 Å². The molecule has 0 atom stereocenters. The van der Waals surface area contributed by atoms with Gasteiger partial charge < -0.3 is 5.11 Å². The third-order valence-electron chi connectivity index (χ3n) is 4.36. The molecule has 2 nitrogen and oxygen atoms in total. The van der Waals surface area contributed by atoms with Crippen molar-refractivity contribution < 1.29 is 5.11 Å². The fourth-order valence-electron chi connectivity index (χ4n) is 2.85. The zero-order valence-corrected chi connectivity index (χ0v) is 10.9. The molecule has 1 fully saturated rings. The summed E-state index contributed by atoms with van der Waals surface area (Å²) >= 11 is 0. The molecule has 1 aromatic rings. The van der Waals surface area contributed by atoms with Gasteiger partial charge in [-0.25, -0.2) is 0 Å². The summed E-state index contributed by atoms with van der Waals surface area (Å²) in [5, 5.41) is 9.26. The molecule has 0 amide bonds. The Bertz CT molecular complexity index is 354. The third-order valence-corrected chi connectivity index (χ3v) is 4.36. The molecule has 0 spiro atoms. The van der Waals surface area contributed by atoms with Crippen LogP contribution in [0, 0.1) is 5.41 Å². The van der Waals surface area contributed by atoms with E-state index in [-0.39, 0.29) is 0 Å². The molecule has 1 aliphatic rings. The van der Waals surface area contributed by atoms with Crippen molar-refractivity contribution in [3.63, 3.8) is 0 Å². The topological polar surface area (TPSA) is 23.5 Å². The normalized spacial score (nSPS) is 19.6. The summed E-state index contributed by atoms with van der Waals surface area (Å²) < 4.78 is 0. The van der Waals surface area contributed by atoms with E-state index in [4.69, 9.17) is 0 Å². The van der Waals surface area contributed by atoms with Crippen molar-refractivity contribution in [1.29, 1.82) is 0 Å². The number of benzene rings is 1. The van der Waals surface area contributed by atoms with Gasteiger partial charge in [-0.3, -0.25) is 4.90 Å². The first-order valence-electron chi connectivity index (χ1n) is 6.68. The second-order valence-electron chi connectivity index (χ2n) is 5.33. The number of hydrogen-bond donors (Lipinski definition) is 1. The van der Waals surface area contributed by atoms with Gasteiger partial charge in [0.05, 0.1) is 0 Å². The third kappa shape index (κ3) is 2.81. The van der Waals surface area contributed by atoms with Gasteiger partial charge in [-0.1, -0.05) is 26.0 Å². The Balaban J connectivity index is 1.95. The molecular formula is C15H23NO. The number of aromatic hydroxyl groups is 1. The number of hydrogen-bond acceptors (Lipinski definition) is 2. The van der Waals surface area contributed by atoms with Crippen molar-refractivity contribution in [2.75, 3.05) is 13.1 Å². The summed E-state index contributed by atoms with van der Waals surface area (Å²) in [4.78, 5) is 2.54. The fraction of sp³-hybridized carbons (Fsp3) is 0.600. The van der Waals surface area contributed by atoms with E-state index < -0.39 is 0 Å². The molecule has 1 heterocycles. The number of rotatable bonds is 4. The quantitative estimate of drug-likeness (QED) is 0.861. The molecule has 17 heavy (non-hydrogen) atoms. The molecule has 1 saturated heterocycles. The molecule has 0 radical (unpaired) electrons. The van der Waals surface area contributed by atoms with Crippen molar-refractivity contribution in [2.45, 2.75) is 39.7 Å². The first kappa shape index (κ1) is 12.4. The second kappa shape index (κ2) is 5.09. The van der Waals surface area contributed by atoms with Crippen molar-refractivity contribution in [1.82, 2.24) is 4.90 Å². The molecular weight excluding hydrogens is 210 g/mol. The zero-order chi connectivity index (χ0) is 12.3. The van der Waals surface area contributed by atoms with Gasteiger partial charge in [0.25, 0.3) is 0 Å². The average molecular weight is 233 g/mol. The van der Waals surface area contributed by atoms with E-state index in [0.717, 1.165) is 6.54 Å². The van der Waals surface area contributed by atoms with Gasteiger partial charge in [0, 0.05) is 13.1 Å². The van der Waals surface area contributed by atoms with Gasteiger partial charge in [0.2, 0.25) is 0 Å². The molecule has 1 aromatic carbocycles. The van der Waals surface area contributed by atoms with Crippen LogP contribution < -0.4 is 0 Å². The summed E-state index contributed by atoms with van der Waals surface area (Å²) in [5.74, 6) is 0.353. The molecule has 94 valence electrons. The minimum Gasteiger partial charge on any atom is -0.508 e. The Morgan fingerprint density at radius 3 is 2.35 bits per heavy atom. The molecule has 1 aliphatic heterocycles. The maximum Gasteiger partial charge on any atom is 0.115 e. The van der Waals surface area contributed by atoms with Gasteiger partial charge >= 0.3 is 0 Å². The van der Waals surface area contributed by atoms with E-state index in [1.54, 1.807) is 12.1 Å². The smallest absolute Gasteiger partial charge is 0.115 e. The lowest BCUT2D eigenvalue weighted by atomic mass is 9.82. The van der Waals surface area contributed by atoms with Crippen LogP contribution in [0.15, 0.2) is 24.3 Å². The number of nitrogens with zero attached hydrogens (tertiary/aromatic N) is 1.